The molecular weight excluding hydrogens is 325 g/mol. The summed E-state index contributed by atoms with van der Waals surface area (Å²) in [5, 5.41) is 3.35. The van der Waals surface area contributed by atoms with Crippen LogP contribution in [0.15, 0.2) is 57.9 Å². The Morgan fingerprint density at radius 2 is 1.89 bits per heavy atom. The largest absolute Gasteiger partial charge is 0.312 e. The Balaban J connectivity index is 1.68. The number of thioether (sulfide) groups is 1. The Morgan fingerprint density at radius 3 is 2.63 bits per heavy atom. The lowest BCUT2D eigenvalue weighted by molar-refractivity contribution is 0.619. The summed E-state index contributed by atoms with van der Waals surface area (Å²) in [6.07, 6.45) is 0. The van der Waals surface area contributed by atoms with E-state index in [1.165, 1.54) is 11.0 Å². The van der Waals surface area contributed by atoms with Gasteiger partial charge < -0.3 is 5.32 Å². The molecule has 1 N–H and O–H groups in total. The normalized spacial score (nSPS) is 10.6. The molecule has 0 radical (unpaired) electrons. The topological polar surface area (TPSA) is 12.0 Å². The van der Waals surface area contributed by atoms with Crippen molar-refractivity contribution in [2.24, 2.45) is 0 Å². The van der Waals surface area contributed by atoms with Crippen molar-refractivity contribution >= 4 is 27.7 Å². The average Bonchev–Trinajstić information content (AvgIpc) is 2.43. The molecule has 0 saturated carbocycles. The molecule has 0 aliphatic rings. The van der Waals surface area contributed by atoms with Crippen LogP contribution in [0.4, 0.5) is 4.39 Å². The summed E-state index contributed by atoms with van der Waals surface area (Å²) in [6.45, 7) is 1.68. The van der Waals surface area contributed by atoms with Crippen LogP contribution in [0.5, 0.6) is 0 Å². The van der Waals surface area contributed by atoms with E-state index < -0.39 is 0 Å². The number of hydrogen-bond donors (Lipinski definition) is 1. The molecule has 100 valence electrons. The second kappa shape index (κ2) is 7.68. The number of hydrogen-bond acceptors (Lipinski definition) is 2. The molecule has 0 heterocycles. The van der Waals surface area contributed by atoms with Gasteiger partial charge in [-0.2, -0.15) is 0 Å². The van der Waals surface area contributed by atoms with Gasteiger partial charge in [0.15, 0.2) is 0 Å². The van der Waals surface area contributed by atoms with Gasteiger partial charge in [-0.3, -0.25) is 0 Å². The zero-order valence-electron chi connectivity index (χ0n) is 10.4. The third kappa shape index (κ3) is 4.97. The lowest BCUT2D eigenvalue weighted by Crippen LogP contribution is -2.16. The van der Waals surface area contributed by atoms with E-state index in [4.69, 9.17) is 0 Å². The van der Waals surface area contributed by atoms with Crippen LogP contribution in [0.3, 0.4) is 0 Å². The van der Waals surface area contributed by atoms with Gasteiger partial charge in [0.1, 0.15) is 5.82 Å². The molecule has 2 aromatic carbocycles. The van der Waals surface area contributed by atoms with E-state index in [0.717, 1.165) is 24.4 Å². The molecule has 1 nitrogen and oxygen atoms in total. The molecule has 0 fully saturated rings. The Hall–Kier alpha value is -0.840. The Morgan fingerprint density at radius 1 is 1.11 bits per heavy atom. The molecule has 4 heteroatoms. The van der Waals surface area contributed by atoms with E-state index in [0.29, 0.717) is 4.47 Å². The molecule has 0 aliphatic carbocycles. The van der Waals surface area contributed by atoms with Crippen molar-refractivity contribution in [2.75, 3.05) is 12.3 Å². The van der Waals surface area contributed by atoms with E-state index in [1.54, 1.807) is 6.07 Å². The highest BCUT2D eigenvalue weighted by molar-refractivity contribution is 9.10. The summed E-state index contributed by atoms with van der Waals surface area (Å²) in [6, 6.07) is 15.4. The van der Waals surface area contributed by atoms with Crippen molar-refractivity contribution in [2.45, 2.75) is 11.4 Å². The quantitative estimate of drug-likeness (QED) is 0.615. The Bertz CT molecular complexity index is 519. The van der Waals surface area contributed by atoms with Crippen LogP contribution < -0.4 is 5.32 Å². The van der Waals surface area contributed by atoms with Gasteiger partial charge in [0.2, 0.25) is 0 Å². The molecule has 2 aromatic rings. The first-order valence-corrected chi connectivity index (χ1v) is 7.86. The smallest absolute Gasteiger partial charge is 0.137 e. The van der Waals surface area contributed by atoms with Crippen LogP contribution >= 0.6 is 27.7 Å². The highest BCUT2D eigenvalue weighted by atomic mass is 79.9. The molecule has 0 aliphatic heterocycles. The van der Waals surface area contributed by atoms with Gasteiger partial charge in [-0.1, -0.05) is 24.3 Å². The third-order valence-electron chi connectivity index (χ3n) is 2.60. The van der Waals surface area contributed by atoms with Crippen molar-refractivity contribution in [3.05, 3.63) is 64.4 Å². The first kappa shape index (κ1) is 14.6. The lowest BCUT2D eigenvalue weighted by atomic mass is 10.2. The van der Waals surface area contributed by atoms with Crippen molar-refractivity contribution in [3.8, 4) is 0 Å². The van der Waals surface area contributed by atoms with E-state index in [1.807, 2.05) is 36.0 Å². The van der Waals surface area contributed by atoms with Gasteiger partial charge in [-0.25, -0.2) is 4.39 Å². The fourth-order valence-corrected chi connectivity index (χ4v) is 2.90. The molecule has 2 rings (SSSR count). The molecule has 19 heavy (non-hydrogen) atoms. The SMILES string of the molecule is Fc1ccc(CNCCSc2ccccc2)cc1Br. The van der Waals surface area contributed by atoms with Gasteiger partial charge in [-0.15, -0.1) is 11.8 Å². The lowest BCUT2D eigenvalue weighted by Gasteiger charge is -2.06. The number of rotatable bonds is 6. The number of halogens is 2. The molecule has 0 aromatic heterocycles. The highest BCUT2D eigenvalue weighted by Crippen LogP contribution is 2.17. The Labute approximate surface area is 125 Å². The van der Waals surface area contributed by atoms with E-state index in [9.17, 15) is 4.39 Å². The van der Waals surface area contributed by atoms with Gasteiger partial charge in [0.05, 0.1) is 4.47 Å². The molecule has 0 saturated heterocycles. The van der Waals surface area contributed by atoms with Crippen molar-refractivity contribution in [1.29, 1.82) is 0 Å². The minimum absolute atomic E-state index is 0.219. The maximum Gasteiger partial charge on any atom is 0.137 e. The minimum Gasteiger partial charge on any atom is -0.312 e. The predicted octanol–water partition coefficient (Wildman–Crippen LogP) is 4.47. The molecular formula is C15H15BrFNS. The van der Waals surface area contributed by atoms with Crippen LogP contribution in [-0.2, 0) is 6.54 Å². The van der Waals surface area contributed by atoms with Crippen molar-refractivity contribution in [1.82, 2.24) is 5.32 Å². The first-order chi connectivity index (χ1) is 9.25. The zero-order chi connectivity index (χ0) is 13.5. The molecule has 0 atom stereocenters. The maximum atomic E-state index is 13.1. The van der Waals surface area contributed by atoms with Crippen molar-refractivity contribution < 1.29 is 4.39 Å². The summed E-state index contributed by atoms with van der Waals surface area (Å²) in [5.41, 5.74) is 1.08. The van der Waals surface area contributed by atoms with Crippen LogP contribution in [0.1, 0.15) is 5.56 Å². The first-order valence-electron chi connectivity index (χ1n) is 6.08. The van der Waals surface area contributed by atoms with Gasteiger partial charge in [0.25, 0.3) is 0 Å². The standard InChI is InChI=1S/C15H15BrFNS/c16-14-10-12(6-7-15(14)17)11-18-8-9-19-13-4-2-1-3-5-13/h1-7,10,18H,8-9,11H2. The van der Waals surface area contributed by atoms with E-state index >= 15 is 0 Å². The second-order valence-electron chi connectivity index (χ2n) is 4.09. The van der Waals surface area contributed by atoms with E-state index in [2.05, 4.69) is 33.4 Å². The van der Waals surface area contributed by atoms with Gasteiger partial charge in [0, 0.05) is 23.7 Å². The molecule has 0 bridgehead atoms. The predicted molar refractivity (Wildman–Crippen MR) is 83.0 cm³/mol. The van der Waals surface area contributed by atoms with Crippen LogP contribution in [0.2, 0.25) is 0 Å². The highest BCUT2D eigenvalue weighted by Gasteiger charge is 2.00. The maximum absolute atomic E-state index is 13.1. The van der Waals surface area contributed by atoms with E-state index in [-0.39, 0.29) is 5.82 Å². The van der Waals surface area contributed by atoms with Crippen LogP contribution in [0, 0.1) is 5.82 Å². The molecule has 0 unspecified atom stereocenters. The molecule has 0 spiro atoms. The van der Waals surface area contributed by atoms with Gasteiger partial charge >= 0.3 is 0 Å². The average molecular weight is 340 g/mol. The second-order valence-corrected chi connectivity index (χ2v) is 6.11. The summed E-state index contributed by atoms with van der Waals surface area (Å²) >= 11 is 5.02. The number of benzene rings is 2. The summed E-state index contributed by atoms with van der Waals surface area (Å²) in [4.78, 5) is 1.29. The molecule has 0 amide bonds. The van der Waals surface area contributed by atoms with Crippen LogP contribution in [0.25, 0.3) is 0 Å². The summed E-state index contributed by atoms with van der Waals surface area (Å²) in [7, 11) is 0. The Kier molecular flexibility index (Phi) is 5.89. The third-order valence-corrected chi connectivity index (χ3v) is 4.23. The zero-order valence-corrected chi connectivity index (χ0v) is 12.8. The van der Waals surface area contributed by atoms with Crippen LogP contribution in [-0.4, -0.2) is 12.3 Å². The summed E-state index contributed by atoms with van der Waals surface area (Å²) in [5.74, 6) is 0.801. The summed E-state index contributed by atoms with van der Waals surface area (Å²) < 4.78 is 13.6. The fourth-order valence-electron chi connectivity index (χ4n) is 1.64. The number of nitrogens with one attached hydrogen (secondary N) is 1. The van der Waals surface area contributed by atoms with Gasteiger partial charge in [-0.05, 0) is 45.8 Å². The van der Waals surface area contributed by atoms with Crippen molar-refractivity contribution in [3.63, 3.8) is 0 Å². The minimum atomic E-state index is -0.219. The monoisotopic (exact) mass is 339 g/mol. The fraction of sp³-hybridized carbons (Fsp3) is 0.200.